The lowest BCUT2D eigenvalue weighted by Crippen LogP contribution is -2.21. The van der Waals surface area contributed by atoms with Crippen molar-refractivity contribution in [2.24, 2.45) is 0 Å². The molecule has 0 saturated carbocycles. The first-order valence-corrected chi connectivity index (χ1v) is 4.08. The Labute approximate surface area is 80.9 Å². The predicted molar refractivity (Wildman–Crippen MR) is 49.5 cm³/mol. The third kappa shape index (κ3) is 12.2. The van der Waals surface area contributed by atoms with Gasteiger partial charge in [-0.15, -0.1) is 18.8 Å². The van der Waals surface area contributed by atoms with Crippen LogP contribution in [0.1, 0.15) is 6.92 Å². The summed E-state index contributed by atoms with van der Waals surface area (Å²) in [6.45, 7) is 4.27. The Morgan fingerprint density at radius 3 is 2.25 bits per heavy atom. The minimum Gasteiger partial charge on any atom is -0.876 e. The van der Waals surface area contributed by atoms with E-state index in [1.165, 1.54) is 6.92 Å². The summed E-state index contributed by atoms with van der Waals surface area (Å²) in [5.41, 5.74) is 0. The summed E-state index contributed by atoms with van der Waals surface area (Å²) < 4.78 is 0. The summed E-state index contributed by atoms with van der Waals surface area (Å²) in [6, 6.07) is 0. The van der Waals surface area contributed by atoms with Crippen molar-refractivity contribution in [3.8, 4) is 12.3 Å². The maximum absolute atomic E-state index is 9.33. The minimum atomic E-state index is -0.889. The highest BCUT2D eigenvalue weighted by atomic mass is 79.9. The monoisotopic (exact) mass is 235 g/mol. The zero-order chi connectivity index (χ0) is 10.1. The van der Waals surface area contributed by atoms with Crippen LogP contribution in [0.25, 0.3) is 0 Å². The second kappa shape index (κ2) is 8.60. The van der Waals surface area contributed by atoms with Crippen LogP contribution in [-0.2, 0) is 0 Å². The standard InChI is InChI=1S/C5H7BrO2.C3H6O/c1-2-5(8)4(6)3-7;1-3(2)4/h1,4-5,7-8H,3H2;4H,1H2,2H3/p-1/t4-,5-;/m0./s1. The Hall–Kier alpha value is -0.500. The number of aliphatic hydroxyl groups excluding tert-OH is 2. The van der Waals surface area contributed by atoms with Gasteiger partial charge in [-0.3, -0.25) is 0 Å². The van der Waals surface area contributed by atoms with Gasteiger partial charge in [0.15, 0.2) is 0 Å². The molecule has 0 aromatic rings. The van der Waals surface area contributed by atoms with Gasteiger partial charge in [0.1, 0.15) is 6.10 Å². The topological polar surface area (TPSA) is 63.5 Å². The lowest BCUT2D eigenvalue weighted by Gasteiger charge is -2.06. The van der Waals surface area contributed by atoms with E-state index in [9.17, 15) is 5.11 Å². The number of aliphatic hydroxyl groups is 2. The van der Waals surface area contributed by atoms with Gasteiger partial charge in [0.2, 0.25) is 0 Å². The molecule has 3 nitrogen and oxygen atoms in total. The molecule has 2 N–H and O–H groups in total. The minimum absolute atomic E-state index is 0.0833. The third-order valence-electron chi connectivity index (χ3n) is 0.688. The molecule has 0 aliphatic heterocycles. The zero-order valence-corrected chi connectivity index (χ0v) is 8.41. The Balaban J connectivity index is 0. The second-order valence-electron chi connectivity index (χ2n) is 2.01. The average molecular weight is 236 g/mol. The summed E-state index contributed by atoms with van der Waals surface area (Å²) in [5, 5.41) is 26.4. The number of allylic oxidation sites excluding steroid dienone is 1. The molecule has 0 rings (SSSR count). The smallest absolute Gasteiger partial charge is 0.129 e. The maximum atomic E-state index is 9.33. The van der Waals surface area contributed by atoms with Gasteiger partial charge in [0.05, 0.1) is 11.4 Å². The molecule has 2 atom stereocenters. The SMILES string of the molecule is C#C[C@H](O)[C@@H](Br)CO.C=C(C)[O-]. The van der Waals surface area contributed by atoms with Gasteiger partial charge in [-0.05, 0) is 0 Å². The number of alkyl halides is 1. The summed E-state index contributed by atoms with van der Waals surface area (Å²) in [5.74, 6) is 1.98. The van der Waals surface area contributed by atoms with Crippen molar-refractivity contribution >= 4 is 15.9 Å². The summed E-state index contributed by atoms with van der Waals surface area (Å²) in [4.78, 5) is -0.396. The normalized spacial score (nSPS) is 13.2. The summed E-state index contributed by atoms with van der Waals surface area (Å²) in [7, 11) is 0. The molecule has 0 bridgehead atoms. The Morgan fingerprint density at radius 1 is 1.83 bits per heavy atom. The number of hydrogen-bond acceptors (Lipinski definition) is 3. The van der Waals surface area contributed by atoms with Gasteiger partial charge in [-0.2, -0.15) is 0 Å². The van der Waals surface area contributed by atoms with Gasteiger partial charge in [-0.1, -0.05) is 28.8 Å². The molecule has 0 spiro atoms. The molecule has 4 heteroatoms. The molecule has 0 radical (unpaired) electrons. The molecule has 0 aliphatic rings. The fourth-order valence-corrected chi connectivity index (χ4v) is 0.357. The maximum Gasteiger partial charge on any atom is 0.129 e. The molecular weight excluding hydrogens is 224 g/mol. The van der Waals surface area contributed by atoms with Gasteiger partial charge in [-0.25, -0.2) is 0 Å². The molecule has 0 heterocycles. The van der Waals surface area contributed by atoms with Crippen molar-refractivity contribution in [2.75, 3.05) is 6.61 Å². The van der Waals surface area contributed by atoms with Crippen LogP contribution >= 0.6 is 15.9 Å². The van der Waals surface area contributed by atoms with E-state index < -0.39 is 10.9 Å². The van der Waals surface area contributed by atoms with E-state index in [1.54, 1.807) is 0 Å². The van der Waals surface area contributed by atoms with Gasteiger partial charge in [0.25, 0.3) is 0 Å². The van der Waals surface area contributed by atoms with Crippen molar-refractivity contribution in [1.82, 2.24) is 0 Å². The first-order chi connectivity index (χ1) is 5.45. The highest BCUT2D eigenvalue weighted by molar-refractivity contribution is 9.09. The van der Waals surface area contributed by atoms with Crippen LogP contribution in [0.3, 0.4) is 0 Å². The molecule has 0 aromatic heterocycles. The second-order valence-corrected chi connectivity index (χ2v) is 3.19. The average Bonchev–Trinajstić information content (AvgIpc) is 2.00. The fourth-order valence-electron chi connectivity index (χ4n) is 0.204. The number of terminal acetylenes is 1. The highest BCUT2D eigenvalue weighted by Gasteiger charge is 2.09. The number of halogens is 1. The lowest BCUT2D eigenvalue weighted by molar-refractivity contribution is -0.300. The van der Waals surface area contributed by atoms with Crippen LogP contribution in [0.15, 0.2) is 12.3 Å². The van der Waals surface area contributed by atoms with Gasteiger partial charge in [0, 0.05) is 0 Å². The molecule has 0 saturated heterocycles. The predicted octanol–water partition coefficient (Wildman–Crippen LogP) is -0.383. The van der Waals surface area contributed by atoms with E-state index in [0.29, 0.717) is 0 Å². The first kappa shape index (κ1) is 14.0. The lowest BCUT2D eigenvalue weighted by atomic mass is 10.3. The molecule has 0 fully saturated rings. The molecule has 70 valence electrons. The van der Waals surface area contributed by atoms with E-state index in [1.807, 2.05) is 0 Å². The number of rotatable bonds is 2. The van der Waals surface area contributed by atoms with Gasteiger partial charge >= 0.3 is 0 Å². The van der Waals surface area contributed by atoms with Crippen LogP contribution in [0.2, 0.25) is 0 Å². The molecule has 0 unspecified atom stereocenters. The van der Waals surface area contributed by atoms with Crippen molar-refractivity contribution < 1.29 is 15.3 Å². The molecule has 12 heavy (non-hydrogen) atoms. The van der Waals surface area contributed by atoms with Crippen LogP contribution in [0.4, 0.5) is 0 Å². The molecular formula is C8H12BrO3-. The molecule has 0 aliphatic carbocycles. The fraction of sp³-hybridized carbons (Fsp3) is 0.500. The van der Waals surface area contributed by atoms with E-state index >= 15 is 0 Å². The summed E-state index contributed by atoms with van der Waals surface area (Å²) >= 11 is 2.96. The third-order valence-corrected chi connectivity index (χ3v) is 1.48. The molecule has 0 amide bonds. The molecule has 0 aromatic carbocycles. The van der Waals surface area contributed by atoms with Gasteiger partial charge < -0.3 is 15.3 Å². The Bertz CT molecular complexity index is 158. The van der Waals surface area contributed by atoms with Crippen LogP contribution in [0.5, 0.6) is 0 Å². The van der Waals surface area contributed by atoms with Crippen molar-refractivity contribution in [3.05, 3.63) is 12.3 Å². The van der Waals surface area contributed by atoms with E-state index in [0.717, 1.165) is 0 Å². The highest BCUT2D eigenvalue weighted by Crippen LogP contribution is 2.02. The van der Waals surface area contributed by atoms with E-state index in [2.05, 4.69) is 28.4 Å². The van der Waals surface area contributed by atoms with Crippen LogP contribution < -0.4 is 5.11 Å². The van der Waals surface area contributed by atoms with Crippen molar-refractivity contribution in [2.45, 2.75) is 17.9 Å². The van der Waals surface area contributed by atoms with Crippen LogP contribution in [-0.4, -0.2) is 27.8 Å². The zero-order valence-electron chi connectivity index (χ0n) is 6.83. The summed E-state index contributed by atoms with van der Waals surface area (Å²) in [6.07, 6.45) is 3.92. The van der Waals surface area contributed by atoms with Crippen molar-refractivity contribution in [1.29, 1.82) is 0 Å². The number of hydrogen-bond donors (Lipinski definition) is 2. The quantitative estimate of drug-likeness (QED) is 0.390. The van der Waals surface area contributed by atoms with E-state index in [4.69, 9.17) is 16.6 Å². The van der Waals surface area contributed by atoms with Crippen molar-refractivity contribution in [3.63, 3.8) is 0 Å². The van der Waals surface area contributed by atoms with Crippen LogP contribution in [0, 0.1) is 12.3 Å². The first-order valence-electron chi connectivity index (χ1n) is 3.17. The Morgan fingerprint density at radius 2 is 2.17 bits per heavy atom. The Kier molecular flexibility index (Phi) is 10.1. The van der Waals surface area contributed by atoms with E-state index in [-0.39, 0.29) is 12.4 Å². The largest absolute Gasteiger partial charge is 0.876 e.